The second-order valence-electron chi connectivity index (χ2n) is 3.14. The first-order chi connectivity index (χ1) is 6.38. The highest BCUT2D eigenvalue weighted by atomic mass is 79.9. The fraction of sp³-hybridized carbons (Fsp3) is 0.333. The van der Waals surface area contributed by atoms with Crippen molar-refractivity contribution in [2.75, 3.05) is 0 Å². The molecule has 0 aromatic heterocycles. The molecule has 2 atom stereocenters. The number of carboxylic acids is 2. The minimum atomic E-state index is -1.53. The minimum Gasteiger partial charge on any atom is -0.481 e. The Balaban J connectivity index is 3.17. The lowest BCUT2D eigenvalue weighted by Crippen LogP contribution is -2.42. The van der Waals surface area contributed by atoms with Crippen molar-refractivity contribution in [1.29, 1.82) is 0 Å². The van der Waals surface area contributed by atoms with E-state index in [4.69, 9.17) is 10.2 Å². The van der Waals surface area contributed by atoms with E-state index in [0.717, 1.165) is 5.57 Å². The van der Waals surface area contributed by atoms with E-state index in [1.165, 1.54) is 12.2 Å². The first-order valence-corrected chi connectivity index (χ1v) is 4.70. The van der Waals surface area contributed by atoms with Gasteiger partial charge in [0.1, 0.15) is 5.92 Å². The maximum Gasteiger partial charge on any atom is 0.325 e. The average molecular weight is 261 g/mol. The van der Waals surface area contributed by atoms with Crippen LogP contribution in [0.15, 0.2) is 23.8 Å². The van der Waals surface area contributed by atoms with Crippen molar-refractivity contribution in [1.82, 2.24) is 0 Å². The highest BCUT2D eigenvalue weighted by Crippen LogP contribution is 2.35. The van der Waals surface area contributed by atoms with Crippen LogP contribution in [-0.4, -0.2) is 26.5 Å². The quantitative estimate of drug-likeness (QED) is 0.737. The summed E-state index contributed by atoms with van der Waals surface area (Å²) in [5.74, 6) is -3.44. The van der Waals surface area contributed by atoms with Gasteiger partial charge in [-0.05, 0) is 6.92 Å². The zero-order valence-electron chi connectivity index (χ0n) is 7.40. The Labute approximate surface area is 89.1 Å². The van der Waals surface area contributed by atoms with Crippen molar-refractivity contribution in [3.63, 3.8) is 0 Å². The molecular formula is C9H9BrO4. The fourth-order valence-electron chi connectivity index (χ4n) is 1.31. The molecule has 2 N–H and O–H groups in total. The van der Waals surface area contributed by atoms with Gasteiger partial charge in [0.25, 0.3) is 0 Å². The second kappa shape index (κ2) is 3.57. The molecule has 0 bridgehead atoms. The third kappa shape index (κ3) is 1.72. The number of hydrogen-bond acceptors (Lipinski definition) is 2. The molecule has 0 spiro atoms. The molecule has 0 radical (unpaired) electrons. The van der Waals surface area contributed by atoms with E-state index in [2.05, 4.69) is 15.9 Å². The summed E-state index contributed by atoms with van der Waals surface area (Å²) in [6.07, 6.45) is 4.37. The molecule has 0 aliphatic heterocycles. The number of alkyl halides is 1. The predicted molar refractivity (Wildman–Crippen MR) is 53.3 cm³/mol. The van der Waals surface area contributed by atoms with Crippen LogP contribution in [0.25, 0.3) is 0 Å². The Morgan fingerprint density at radius 1 is 1.50 bits per heavy atom. The molecule has 0 saturated carbocycles. The van der Waals surface area contributed by atoms with Crippen LogP contribution in [0.1, 0.15) is 6.92 Å². The van der Waals surface area contributed by atoms with Gasteiger partial charge in [-0.1, -0.05) is 39.7 Å². The van der Waals surface area contributed by atoms with Crippen molar-refractivity contribution in [2.45, 2.75) is 11.2 Å². The summed E-state index contributed by atoms with van der Waals surface area (Å²) >= 11 is 2.96. The molecule has 0 amide bonds. The molecule has 1 aliphatic carbocycles. The summed E-state index contributed by atoms with van der Waals surface area (Å²) in [5.41, 5.74) is 0.724. The lowest BCUT2D eigenvalue weighted by molar-refractivity contribution is -0.148. The number of halogens is 1. The van der Waals surface area contributed by atoms with Crippen molar-refractivity contribution >= 4 is 27.9 Å². The van der Waals surface area contributed by atoms with Gasteiger partial charge >= 0.3 is 11.9 Å². The van der Waals surface area contributed by atoms with Gasteiger partial charge in [0.05, 0.1) is 0 Å². The topological polar surface area (TPSA) is 74.6 Å². The largest absolute Gasteiger partial charge is 0.481 e. The SMILES string of the molecule is CC1=CC(Br)(C(=O)O)C(C(=O)O)C=C1. The summed E-state index contributed by atoms with van der Waals surface area (Å²) in [5, 5.41) is 17.8. The number of aliphatic carboxylic acids is 2. The molecule has 14 heavy (non-hydrogen) atoms. The fourth-order valence-corrected chi connectivity index (χ4v) is 2.02. The van der Waals surface area contributed by atoms with Crippen molar-refractivity contribution in [3.05, 3.63) is 23.8 Å². The molecule has 2 unspecified atom stereocenters. The predicted octanol–water partition coefficient (Wildman–Crippen LogP) is 1.42. The number of allylic oxidation sites excluding steroid dienone is 2. The molecule has 0 fully saturated rings. The van der Waals surface area contributed by atoms with Gasteiger partial charge in [-0.3, -0.25) is 9.59 Å². The van der Waals surface area contributed by atoms with Gasteiger partial charge < -0.3 is 10.2 Å². The number of carboxylic acid groups (broad SMARTS) is 2. The summed E-state index contributed by atoms with van der Waals surface area (Å²) in [7, 11) is 0. The van der Waals surface area contributed by atoms with Gasteiger partial charge in [-0.25, -0.2) is 0 Å². The van der Waals surface area contributed by atoms with Crippen molar-refractivity contribution in [2.24, 2.45) is 5.92 Å². The van der Waals surface area contributed by atoms with Gasteiger partial charge in [0, 0.05) is 0 Å². The van der Waals surface area contributed by atoms with Crippen LogP contribution in [0.3, 0.4) is 0 Å². The van der Waals surface area contributed by atoms with E-state index in [-0.39, 0.29) is 0 Å². The van der Waals surface area contributed by atoms with Crippen molar-refractivity contribution < 1.29 is 19.8 Å². The second-order valence-corrected chi connectivity index (χ2v) is 4.45. The maximum atomic E-state index is 10.9. The zero-order valence-corrected chi connectivity index (χ0v) is 8.98. The molecule has 5 heteroatoms. The lowest BCUT2D eigenvalue weighted by Gasteiger charge is -2.27. The molecule has 1 rings (SSSR count). The smallest absolute Gasteiger partial charge is 0.325 e. The molecule has 0 saturated heterocycles. The average Bonchev–Trinajstić information content (AvgIpc) is 2.02. The van der Waals surface area contributed by atoms with Crippen LogP contribution in [0.2, 0.25) is 0 Å². The van der Waals surface area contributed by atoms with Crippen LogP contribution in [0.4, 0.5) is 0 Å². The minimum absolute atomic E-state index is 0.724. The Hall–Kier alpha value is -1.10. The molecule has 76 valence electrons. The Morgan fingerprint density at radius 2 is 2.07 bits per heavy atom. The molecule has 0 aromatic rings. The van der Waals surface area contributed by atoms with Gasteiger partial charge in [0.15, 0.2) is 4.32 Å². The number of carbonyl (C=O) groups is 2. The number of hydrogen-bond donors (Lipinski definition) is 2. The van der Waals surface area contributed by atoms with Gasteiger partial charge in [-0.15, -0.1) is 0 Å². The van der Waals surface area contributed by atoms with Gasteiger partial charge in [0.2, 0.25) is 0 Å². The molecule has 0 aromatic carbocycles. The molecule has 0 heterocycles. The Kier molecular flexibility index (Phi) is 2.80. The summed E-state index contributed by atoms with van der Waals surface area (Å²) in [6, 6.07) is 0. The van der Waals surface area contributed by atoms with E-state index in [9.17, 15) is 9.59 Å². The first-order valence-electron chi connectivity index (χ1n) is 3.90. The normalized spacial score (nSPS) is 31.0. The third-order valence-corrected chi connectivity index (χ3v) is 3.10. The maximum absolute atomic E-state index is 10.9. The Morgan fingerprint density at radius 3 is 2.50 bits per heavy atom. The Bertz CT molecular complexity index is 345. The van der Waals surface area contributed by atoms with E-state index in [0.29, 0.717) is 0 Å². The van der Waals surface area contributed by atoms with Crippen LogP contribution >= 0.6 is 15.9 Å². The van der Waals surface area contributed by atoms with E-state index in [1.54, 1.807) is 13.0 Å². The van der Waals surface area contributed by atoms with E-state index >= 15 is 0 Å². The summed E-state index contributed by atoms with van der Waals surface area (Å²) < 4.78 is -1.53. The highest BCUT2D eigenvalue weighted by molar-refractivity contribution is 9.10. The molecular weight excluding hydrogens is 252 g/mol. The monoisotopic (exact) mass is 260 g/mol. The summed E-state index contributed by atoms with van der Waals surface area (Å²) in [4.78, 5) is 21.8. The number of rotatable bonds is 2. The van der Waals surface area contributed by atoms with Crippen LogP contribution in [0.5, 0.6) is 0 Å². The zero-order chi connectivity index (χ0) is 10.9. The third-order valence-electron chi connectivity index (χ3n) is 2.04. The summed E-state index contributed by atoms with van der Waals surface area (Å²) in [6.45, 7) is 1.72. The molecule has 4 nitrogen and oxygen atoms in total. The van der Waals surface area contributed by atoms with Gasteiger partial charge in [-0.2, -0.15) is 0 Å². The van der Waals surface area contributed by atoms with Crippen molar-refractivity contribution in [3.8, 4) is 0 Å². The van der Waals surface area contributed by atoms with Crippen LogP contribution in [-0.2, 0) is 9.59 Å². The van der Waals surface area contributed by atoms with E-state index < -0.39 is 22.2 Å². The first kappa shape index (κ1) is 11.0. The lowest BCUT2D eigenvalue weighted by atomic mass is 9.86. The van der Waals surface area contributed by atoms with E-state index in [1.807, 2.05) is 0 Å². The van der Waals surface area contributed by atoms with Crippen LogP contribution < -0.4 is 0 Å². The van der Waals surface area contributed by atoms with Crippen LogP contribution in [0, 0.1) is 5.92 Å². The standard InChI is InChI=1S/C9H9BrO4/c1-5-2-3-6(7(11)12)9(10,4-5)8(13)14/h2-4,6H,1H3,(H,11,12)(H,13,14). The molecule has 1 aliphatic rings. The highest BCUT2D eigenvalue weighted by Gasteiger charge is 2.46.